The molecule has 2 aliphatic rings. The summed E-state index contributed by atoms with van der Waals surface area (Å²) in [6.45, 7) is 2.78. The number of carbonyl (C=O) groups is 1. The third kappa shape index (κ3) is 3.22. The highest BCUT2D eigenvalue weighted by Crippen LogP contribution is 2.16. The van der Waals surface area contributed by atoms with E-state index < -0.39 is 0 Å². The van der Waals surface area contributed by atoms with Crippen LogP contribution in [-0.2, 0) is 4.79 Å². The lowest BCUT2D eigenvalue weighted by Crippen LogP contribution is -3.11. The molecule has 0 bridgehead atoms. The number of anilines is 2. The first-order chi connectivity index (χ1) is 12.2. The van der Waals surface area contributed by atoms with Gasteiger partial charge in [0.25, 0.3) is 5.91 Å². The number of fused-ring (bicyclic) bond motifs is 1. The van der Waals surface area contributed by atoms with Crippen LogP contribution >= 0.6 is 0 Å². The van der Waals surface area contributed by atoms with Crippen molar-refractivity contribution in [3.05, 3.63) is 84.3 Å². The van der Waals surface area contributed by atoms with Gasteiger partial charge in [-0.05, 0) is 31.2 Å². The fourth-order valence-corrected chi connectivity index (χ4v) is 2.89. The van der Waals surface area contributed by atoms with Crippen molar-refractivity contribution in [2.24, 2.45) is 4.99 Å². The fraction of sp³-hybridized carbons (Fsp3) is 0.100. The number of hydrogen-bond acceptors (Lipinski definition) is 3. The molecule has 0 spiro atoms. The van der Waals surface area contributed by atoms with Crippen LogP contribution in [0.5, 0.6) is 0 Å². The summed E-state index contributed by atoms with van der Waals surface area (Å²) in [6, 6.07) is 17.8. The van der Waals surface area contributed by atoms with Crippen LogP contribution in [0, 0.1) is 6.92 Å². The van der Waals surface area contributed by atoms with Gasteiger partial charge in [0.05, 0.1) is 0 Å². The van der Waals surface area contributed by atoms with Crippen molar-refractivity contribution >= 4 is 23.1 Å². The maximum atomic E-state index is 12.4. The summed E-state index contributed by atoms with van der Waals surface area (Å²) in [5, 5.41) is 2.88. The van der Waals surface area contributed by atoms with E-state index in [9.17, 15) is 4.79 Å². The predicted molar refractivity (Wildman–Crippen MR) is 99.2 cm³/mol. The van der Waals surface area contributed by atoms with Gasteiger partial charge in [0.2, 0.25) is 5.84 Å². The molecule has 1 unspecified atom stereocenters. The van der Waals surface area contributed by atoms with E-state index in [1.807, 2.05) is 48.8 Å². The molecule has 0 aliphatic carbocycles. The van der Waals surface area contributed by atoms with Crippen molar-refractivity contribution in [1.29, 1.82) is 0 Å². The van der Waals surface area contributed by atoms with Crippen LogP contribution < -0.4 is 15.1 Å². The van der Waals surface area contributed by atoms with Crippen molar-refractivity contribution in [1.82, 2.24) is 0 Å². The van der Waals surface area contributed by atoms with E-state index in [0.717, 1.165) is 22.1 Å². The Kier molecular flexibility index (Phi) is 3.91. The van der Waals surface area contributed by atoms with Gasteiger partial charge in [-0.2, -0.15) is 4.99 Å². The van der Waals surface area contributed by atoms with Gasteiger partial charge < -0.3 is 5.32 Å². The Morgan fingerprint density at radius 3 is 2.64 bits per heavy atom. The summed E-state index contributed by atoms with van der Waals surface area (Å²) >= 11 is 0. The minimum Gasteiger partial charge on any atom is -0.320 e. The predicted octanol–water partition coefficient (Wildman–Crippen LogP) is 2.06. The van der Waals surface area contributed by atoms with Crippen molar-refractivity contribution in [3.8, 4) is 0 Å². The zero-order chi connectivity index (χ0) is 17.2. The first kappa shape index (κ1) is 15.4. The van der Waals surface area contributed by atoms with Crippen molar-refractivity contribution < 1.29 is 9.69 Å². The van der Waals surface area contributed by atoms with Crippen LogP contribution in [0.1, 0.15) is 5.56 Å². The average molecular weight is 331 g/mol. The number of rotatable bonds is 3. The Bertz CT molecular complexity index is 882. The smallest absolute Gasteiger partial charge is 0.280 e. The van der Waals surface area contributed by atoms with E-state index in [1.54, 1.807) is 0 Å². The lowest BCUT2D eigenvalue weighted by Gasteiger charge is -2.26. The number of aliphatic imine (C=N–C) groups is 1. The monoisotopic (exact) mass is 331 g/mol. The van der Waals surface area contributed by atoms with E-state index in [4.69, 9.17) is 0 Å². The number of amidine groups is 1. The maximum absolute atomic E-state index is 12.4. The third-order valence-electron chi connectivity index (χ3n) is 4.26. The lowest BCUT2D eigenvalue weighted by molar-refractivity contribution is -0.742. The molecule has 2 aromatic rings. The van der Waals surface area contributed by atoms with Gasteiger partial charge >= 0.3 is 0 Å². The maximum Gasteiger partial charge on any atom is 0.280 e. The van der Waals surface area contributed by atoms with Gasteiger partial charge in [0, 0.05) is 23.7 Å². The first-order valence-corrected chi connectivity index (χ1v) is 8.23. The molecule has 0 aromatic heterocycles. The minimum atomic E-state index is -0.184. The SMILES string of the molecule is Cc1ccc(N2C=CC3=NC(C(=O)Nc4ccccc4)=C[NH+]3C2)cc1. The molecule has 2 N–H and O–H groups in total. The summed E-state index contributed by atoms with van der Waals surface area (Å²) < 4.78 is 0. The molecule has 0 saturated carbocycles. The highest BCUT2D eigenvalue weighted by atomic mass is 16.2. The number of nitrogens with one attached hydrogen (secondary N) is 2. The van der Waals surface area contributed by atoms with Crippen LogP contribution in [-0.4, -0.2) is 18.4 Å². The molecular formula is C20H19N4O+. The fourth-order valence-electron chi connectivity index (χ4n) is 2.89. The van der Waals surface area contributed by atoms with Gasteiger partial charge in [0.1, 0.15) is 6.20 Å². The largest absolute Gasteiger partial charge is 0.320 e. The van der Waals surface area contributed by atoms with Crippen LogP contribution in [0.4, 0.5) is 11.4 Å². The van der Waals surface area contributed by atoms with E-state index in [0.29, 0.717) is 12.4 Å². The van der Waals surface area contributed by atoms with Crippen LogP contribution in [0.15, 0.2) is 83.8 Å². The Labute approximate surface area is 146 Å². The molecule has 2 aliphatic heterocycles. The minimum absolute atomic E-state index is 0.184. The van der Waals surface area contributed by atoms with Crippen molar-refractivity contribution in [2.45, 2.75) is 6.92 Å². The second kappa shape index (κ2) is 6.37. The normalized spacial score (nSPS) is 18.4. The van der Waals surface area contributed by atoms with E-state index >= 15 is 0 Å². The van der Waals surface area contributed by atoms with Crippen LogP contribution in [0.3, 0.4) is 0 Å². The second-order valence-corrected chi connectivity index (χ2v) is 6.15. The molecule has 2 heterocycles. The third-order valence-corrected chi connectivity index (χ3v) is 4.26. The summed E-state index contributed by atoms with van der Waals surface area (Å²) in [5.74, 6) is 0.678. The summed E-state index contributed by atoms with van der Waals surface area (Å²) in [6.07, 6.45) is 5.84. The average Bonchev–Trinajstić information content (AvgIpc) is 3.06. The highest BCUT2D eigenvalue weighted by Gasteiger charge is 2.30. The Morgan fingerprint density at radius 2 is 1.88 bits per heavy atom. The number of amides is 1. The topological polar surface area (TPSA) is 49.1 Å². The van der Waals surface area contributed by atoms with Gasteiger partial charge in [-0.25, -0.2) is 4.90 Å². The summed E-state index contributed by atoms with van der Waals surface area (Å²) in [7, 11) is 0. The number of aryl methyl sites for hydroxylation is 1. The number of quaternary nitrogens is 1. The molecular weight excluding hydrogens is 312 g/mol. The molecule has 5 nitrogen and oxygen atoms in total. The van der Waals surface area contributed by atoms with Gasteiger partial charge in [-0.1, -0.05) is 35.9 Å². The van der Waals surface area contributed by atoms with Crippen LogP contribution in [0.25, 0.3) is 0 Å². The molecule has 124 valence electrons. The molecule has 4 rings (SSSR count). The summed E-state index contributed by atoms with van der Waals surface area (Å²) in [5.41, 5.74) is 3.58. The number of nitrogens with zero attached hydrogens (tertiary/aromatic N) is 2. The Balaban J connectivity index is 1.48. The first-order valence-electron chi connectivity index (χ1n) is 8.23. The Hall–Kier alpha value is -3.18. The highest BCUT2D eigenvalue weighted by molar-refractivity contribution is 6.06. The number of hydrogen-bond donors (Lipinski definition) is 2. The summed E-state index contributed by atoms with van der Waals surface area (Å²) in [4.78, 5) is 20.1. The van der Waals surface area contributed by atoms with Crippen molar-refractivity contribution in [3.63, 3.8) is 0 Å². The molecule has 25 heavy (non-hydrogen) atoms. The zero-order valence-corrected chi connectivity index (χ0v) is 13.9. The van der Waals surface area contributed by atoms with E-state index in [1.165, 1.54) is 5.56 Å². The lowest BCUT2D eigenvalue weighted by atomic mass is 10.2. The Morgan fingerprint density at radius 1 is 1.12 bits per heavy atom. The molecule has 0 fully saturated rings. The number of para-hydroxylation sites is 1. The van der Waals surface area contributed by atoms with Crippen LogP contribution in [0.2, 0.25) is 0 Å². The van der Waals surface area contributed by atoms with E-state index in [-0.39, 0.29) is 5.91 Å². The molecule has 2 aromatic carbocycles. The molecule has 0 radical (unpaired) electrons. The molecule has 1 atom stereocenters. The quantitative estimate of drug-likeness (QED) is 0.904. The van der Waals surface area contributed by atoms with Gasteiger partial charge in [0.15, 0.2) is 12.4 Å². The zero-order valence-electron chi connectivity index (χ0n) is 13.9. The van der Waals surface area contributed by atoms with Crippen molar-refractivity contribution in [2.75, 3.05) is 16.9 Å². The van der Waals surface area contributed by atoms with Gasteiger partial charge in [-0.3, -0.25) is 9.69 Å². The molecule has 1 amide bonds. The number of benzene rings is 2. The molecule has 5 heteroatoms. The van der Waals surface area contributed by atoms with Gasteiger partial charge in [-0.15, -0.1) is 0 Å². The standard InChI is InChI=1S/C20H18N4O/c1-15-7-9-17(10-8-15)23-12-11-19-22-18(13-24(19)14-23)20(25)21-16-5-3-2-4-6-16/h2-13H,14H2,1H3,(H,21,25)/p+1. The number of carbonyl (C=O) groups excluding carboxylic acids is 1. The second-order valence-electron chi connectivity index (χ2n) is 6.15. The molecule has 0 saturated heterocycles. The van der Waals surface area contributed by atoms with E-state index in [2.05, 4.69) is 46.4 Å².